The van der Waals surface area contributed by atoms with Crippen LogP contribution in [-0.4, -0.2) is 29.9 Å². The summed E-state index contributed by atoms with van der Waals surface area (Å²) >= 11 is 1.66. The highest BCUT2D eigenvalue weighted by Crippen LogP contribution is 2.25. The van der Waals surface area contributed by atoms with Gasteiger partial charge in [-0.3, -0.25) is 10.1 Å². The maximum Gasteiger partial charge on any atom is 0.411 e. The summed E-state index contributed by atoms with van der Waals surface area (Å²) in [6.07, 6.45) is 2.62. The molecule has 1 fully saturated rings. The molecular weight excluding hydrogens is 372 g/mol. The van der Waals surface area contributed by atoms with Crippen molar-refractivity contribution < 1.29 is 14.3 Å². The third-order valence-electron chi connectivity index (χ3n) is 4.69. The predicted octanol–water partition coefficient (Wildman–Crippen LogP) is 5.09. The van der Waals surface area contributed by atoms with Gasteiger partial charge in [0, 0.05) is 23.0 Å². The zero-order chi connectivity index (χ0) is 19.8. The number of hydrogen-bond acceptors (Lipinski definition) is 4. The topological polar surface area (TPSA) is 67.4 Å². The number of ether oxygens (including phenoxy) is 1. The fraction of sp³-hybridized carbons (Fsp3) is 0.364. The van der Waals surface area contributed by atoms with E-state index in [0.29, 0.717) is 17.7 Å². The van der Waals surface area contributed by atoms with Crippen LogP contribution < -0.4 is 10.6 Å². The molecule has 5 nitrogen and oxygen atoms in total. The number of amides is 2. The highest BCUT2D eigenvalue weighted by molar-refractivity contribution is 7.99. The number of carbonyl (C=O) groups is 2. The Labute approximate surface area is 170 Å². The Hall–Kier alpha value is -2.47. The Kier molecular flexibility index (Phi) is 7.37. The van der Waals surface area contributed by atoms with Gasteiger partial charge in [-0.1, -0.05) is 37.3 Å². The lowest BCUT2D eigenvalue weighted by molar-refractivity contribution is 0.0711. The first-order valence-corrected chi connectivity index (χ1v) is 10.7. The summed E-state index contributed by atoms with van der Waals surface area (Å²) < 4.78 is 5.57. The molecule has 0 heterocycles. The van der Waals surface area contributed by atoms with E-state index < -0.39 is 6.09 Å². The summed E-state index contributed by atoms with van der Waals surface area (Å²) in [5, 5.41) is 5.86. The molecule has 2 N–H and O–H groups in total. The molecule has 0 aromatic heterocycles. The number of nitrogens with one attached hydrogen (secondary N) is 2. The van der Waals surface area contributed by atoms with Crippen LogP contribution in [-0.2, 0) is 4.74 Å². The van der Waals surface area contributed by atoms with E-state index in [4.69, 9.17) is 4.74 Å². The Bertz CT molecular complexity index is 797. The molecule has 0 spiro atoms. The first kappa shape index (κ1) is 20.3. The average Bonchev–Trinajstić information content (AvgIpc) is 2.69. The second-order valence-electron chi connectivity index (χ2n) is 6.78. The van der Waals surface area contributed by atoms with Crippen LogP contribution >= 0.6 is 11.8 Å². The lowest BCUT2D eigenvalue weighted by atomic mass is 9.92. The van der Waals surface area contributed by atoms with Gasteiger partial charge >= 0.3 is 6.09 Å². The molecule has 0 aliphatic heterocycles. The van der Waals surface area contributed by atoms with E-state index in [-0.39, 0.29) is 18.1 Å². The third-order valence-corrected chi connectivity index (χ3v) is 5.64. The standard InChI is InChI=1S/C22H26N2O3S/c1-2-28-20-14-7-6-13-19(20)21(25)23-17-11-8-12-18(15-17)27-22(26)24-16-9-4-3-5-10-16/h3-7,9-10,13-14,17-18H,2,8,11-12,15H2,1H3,(H,23,25)(H,24,26)/t17-,18+/m1/s1. The highest BCUT2D eigenvalue weighted by Gasteiger charge is 2.26. The summed E-state index contributed by atoms with van der Waals surface area (Å²) in [5.41, 5.74) is 1.41. The van der Waals surface area contributed by atoms with Crippen LogP contribution in [0.2, 0.25) is 0 Å². The summed E-state index contributed by atoms with van der Waals surface area (Å²) in [7, 11) is 0. The molecule has 2 amide bonds. The quantitative estimate of drug-likeness (QED) is 0.665. The number of anilines is 1. The number of benzene rings is 2. The van der Waals surface area contributed by atoms with Gasteiger partial charge in [-0.25, -0.2) is 4.79 Å². The lowest BCUT2D eigenvalue weighted by Crippen LogP contribution is -2.41. The highest BCUT2D eigenvalue weighted by atomic mass is 32.2. The second-order valence-corrected chi connectivity index (χ2v) is 8.09. The fourth-order valence-electron chi connectivity index (χ4n) is 3.40. The first-order chi connectivity index (χ1) is 13.7. The molecule has 6 heteroatoms. The number of para-hydroxylation sites is 1. The van der Waals surface area contributed by atoms with Crippen LogP contribution in [0.3, 0.4) is 0 Å². The largest absolute Gasteiger partial charge is 0.446 e. The van der Waals surface area contributed by atoms with E-state index in [1.807, 2.05) is 54.6 Å². The number of rotatable bonds is 6. The number of thioether (sulfide) groups is 1. The normalized spacial score (nSPS) is 18.9. The SMILES string of the molecule is CCSc1ccccc1C(=O)N[C@@H]1CCC[C@H](OC(=O)Nc2ccccc2)C1. The maximum atomic E-state index is 12.7. The van der Waals surface area contributed by atoms with Gasteiger partial charge in [0.1, 0.15) is 6.10 Å². The smallest absolute Gasteiger partial charge is 0.411 e. The van der Waals surface area contributed by atoms with Gasteiger partial charge in [0.15, 0.2) is 0 Å². The fourth-order valence-corrected chi connectivity index (χ4v) is 4.20. The summed E-state index contributed by atoms with van der Waals surface area (Å²) in [6, 6.07) is 16.9. The van der Waals surface area contributed by atoms with Crippen LogP contribution in [0.25, 0.3) is 0 Å². The molecule has 1 saturated carbocycles. The van der Waals surface area contributed by atoms with Gasteiger partial charge in [-0.2, -0.15) is 0 Å². The number of hydrogen-bond donors (Lipinski definition) is 2. The van der Waals surface area contributed by atoms with E-state index in [2.05, 4.69) is 17.6 Å². The maximum absolute atomic E-state index is 12.7. The Morgan fingerprint density at radius 2 is 1.82 bits per heavy atom. The van der Waals surface area contributed by atoms with Crippen molar-refractivity contribution in [3.05, 3.63) is 60.2 Å². The molecule has 1 aliphatic rings. The Morgan fingerprint density at radius 1 is 1.07 bits per heavy atom. The van der Waals surface area contributed by atoms with E-state index in [9.17, 15) is 9.59 Å². The van der Waals surface area contributed by atoms with E-state index in [0.717, 1.165) is 29.9 Å². The van der Waals surface area contributed by atoms with Crippen molar-refractivity contribution in [1.82, 2.24) is 5.32 Å². The molecular formula is C22H26N2O3S. The van der Waals surface area contributed by atoms with Crippen LogP contribution in [0, 0.1) is 0 Å². The summed E-state index contributed by atoms with van der Waals surface area (Å²) in [6.45, 7) is 2.07. The minimum Gasteiger partial charge on any atom is -0.446 e. The lowest BCUT2D eigenvalue weighted by Gasteiger charge is -2.29. The summed E-state index contributed by atoms with van der Waals surface area (Å²) in [4.78, 5) is 25.9. The van der Waals surface area contributed by atoms with Gasteiger partial charge in [0.25, 0.3) is 5.91 Å². The molecule has 1 aliphatic carbocycles. The third kappa shape index (κ3) is 5.76. The van der Waals surface area contributed by atoms with Crippen molar-refractivity contribution in [1.29, 1.82) is 0 Å². The average molecular weight is 399 g/mol. The van der Waals surface area contributed by atoms with Gasteiger partial charge in [0.05, 0.1) is 5.56 Å². The zero-order valence-corrected chi connectivity index (χ0v) is 16.8. The van der Waals surface area contributed by atoms with Gasteiger partial charge < -0.3 is 10.1 Å². The zero-order valence-electron chi connectivity index (χ0n) is 16.0. The van der Waals surface area contributed by atoms with Crippen molar-refractivity contribution in [3.63, 3.8) is 0 Å². The van der Waals surface area contributed by atoms with Crippen molar-refractivity contribution in [2.75, 3.05) is 11.1 Å². The molecule has 148 valence electrons. The molecule has 0 bridgehead atoms. The van der Waals surface area contributed by atoms with E-state index >= 15 is 0 Å². The first-order valence-electron chi connectivity index (χ1n) is 9.71. The summed E-state index contributed by atoms with van der Waals surface area (Å²) in [5.74, 6) is 0.858. The van der Waals surface area contributed by atoms with Crippen molar-refractivity contribution >= 4 is 29.4 Å². The minimum absolute atomic E-state index is 0.00968. The van der Waals surface area contributed by atoms with Crippen LogP contribution in [0.5, 0.6) is 0 Å². The molecule has 2 atom stereocenters. The Balaban J connectivity index is 1.53. The van der Waals surface area contributed by atoms with Gasteiger partial charge in [-0.15, -0.1) is 11.8 Å². The predicted molar refractivity (Wildman–Crippen MR) is 113 cm³/mol. The number of carbonyl (C=O) groups excluding carboxylic acids is 2. The second kappa shape index (κ2) is 10.2. The minimum atomic E-state index is -0.451. The van der Waals surface area contributed by atoms with Crippen molar-refractivity contribution in [2.45, 2.75) is 49.6 Å². The van der Waals surface area contributed by atoms with Crippen LogP contribution in [0.1, 0.15) is 43.0 Å². The molecule has 0 radical (unpaired) electrons. The molecule has 2 aromatic carbocycles. The molecule has 28 heavy (non-hydrogen) atoms. The van der Waals surface area contributed by atoms with E-state index in [1.54, 1.807) is 11.8 Å². The van der Waals surface area contributed by atoms with E-state index in [1.165, 1.54) is 0 Å². The van der Waals surface area contributed by atoms with Crippen LogP contribution in [0.4, 0.5) is 10.5 Å². The van der Waals surface area contributed by atoms with Gasteiger partial charge in [-0.05, 0) is 49.3 Å². The monoisotopic (exact) mass is 398 g/mol. The molecule has 0 saturated heterocycles. The molecule has 3 rings (SSSR count). The Morgan fingerprint density at radius 3 is 2.61 bits per heavy atom. The van der Waals surface area contributed by atoms with Crippen molar-refractivity contribution in [2.24, 2.45) is 0 Å². The molecule has 2 aromatic rings. The van der Waals surface area contributed by atoms with Crippen molar-refractivity contribution in [3.8, 4) is 0 Å². The van der Waals surface area contributed by atoms with Gasteiger partial charge in [0.2, 0.25) is 0 Å². The molecule has 0 unspecified atom stereocenters. The van der Waals surface area contributed by atoms with Crippen LogP contribution in [0.15, 0.2) is 59.5 Å².